The molecule has 116 valence electrons. The van der Waals surface area contributed by atoms with E-state index in [4.69, 9.17) is 11.6 Å². The van der Waals surface area contributed by atoms with Crippen molar-refractivity contribution in [3.05, 3.63) is 58.7 Å². The maximum Gasteiger partial charge on any atom is 0.331 e. The lowest BCUT2D eigenvalue weighted by Crippen LogP contribution is -2.35. The van der Waals surface area contributed by atoms with Gasteiger partial charge in [-0.15, -0.1) is 11.6 Å². The number of carboxylic acids is 2. The Morgan fingerprint density at radius 2 is 1.77 bits per heavy atom. The van der Waals surface area contributed by atoms with Crippen LogP contribution in [-0.2, 0) is 21.9 Å². The first kappa shape index (κ1) is 16.3. The highest BCUT2D eigenvalue weighted by Crippen LogP contribution is 2.38. The van der Waals surface area contributed by atoms with Crippen LogP contribution in [0.2, 0.25) is 0 Å². The summed E-state index contributed by atoms with van der Waals surface area (Å²) in [7, 11) is 0. The van der Waals surface area contributed by atoms with Crippen molar-refractivity contribution in [3.8, 4) is 0 Å². The molecule has 22 heavy (non-hydrogen) atoms. The zero-order valence-electron chi connectivity index (χ0n) is 12.2. The third-order valence-electron chi connectivity index (χ3n) is 4.00. The van der Waals surface area contributed by atoms with E-state index in [9.17, 15) is 19.8 Å². The van der Waals surface area contributed by atoms with Crippen LogP contribution in [0.1, 0.15) is 24.5 Å². The minimum absolute atomic E-state index is 0.0166. The molecule has 0 amide bonds. The molecule has 0 bridgehead atoms. The number of hydrogen-bond donors (Lipinski definition) is 2. The summed E-state index contributed by atoms with van der Waals surface area (Å²) in [5.41, 5.74) is 1.32. The van der Waals surface area contributed by atoms with Gasteiger partial charge in [-0.2, -0.15) is 0 Å². The average molecular weight is 321 g/mol. The van der Waals surface area contributed by atoms with Crippen LogP contribution < -0.4 is 0 Å². The van der Waals surface area contributed by atoms with Gasteiger partial charge < -0.3 is 10.2 Å². The molecule has 1 aromatic rings. The van der Waals surface area contributed by atoms with Crippen molar-refractivity contribution < 1.29 is 19.8 Å². The van der Waals surface area contributed by atoms with Crippen LogP contribution in [0, 0.1) is 5.41 Å². The van der Waals surface area contributed by atoms with E-state index in [1.165, 1.54) is 0 Å². The third kappa shape index (κ3) is 3.22. The van der Waals surface area contributed by atoms with E-state index >= 15 is 0 Å². The molecule has 2 N–H and O–H groups in total. The highest BCUT2D eigenvalue weighted by molar-refractivity contribution is 6.17. The van der Waals surface area contributed by atoms with E-state index in [1.807, 2.05) is 24.3 Å². The summed E-state index contributed by atoms with van der Waals surface area (Å²) < 4.78 is 0. The van der Waals surface area contributed by atoms with Gasteiger partial charge in [0.15, 0.2) is 0 Å². The van der Waals surface area contributed by atoms with Crippen molar-refractivity contribution in [2.24, 2.45) is 5.41 Å². The van der Waals surface area contributed by atoms with E-state index in [1.54, 1.807) is 19.1 Å². The Labute approximate surface area is 133 Å². The molecule has 0 fully saturated rings. The van der Waals surface area contributed by atoms with Crippen molar-refractivity contribution in [3.63, 3.8) is 0 Å². The number of carboxylic acid groups (broad SMARTS) is 2. The number of hydrogen-bond acceptors (Lipinski definition) is 2. The second-order valence-corrected chi connectivity index (χ2v) is 5.83. The normalized spacial score (nSPS) is 21.0. The number of allylic oxidation sites excluding steroid dienone is 2. The molecular formula is C17H17ClO4. The Bertz CT molecular complexity index is 658. The Balaban J connectivity index is 2.33. The number of alkyl halides is 1. The summed E-state index contributed by atoms with van der Waals surface area (Å²) in [6.45, 7) is 1.68. The fourth-order valence-corrected chi connectivity index (χ4v) is 2.78. The molecule has 0 heterocycles. The standard InChI is InChI=1S/C17H17ClO4/c1-11-6-7-17(16(21)22,9-14(11)15(19)20)8-12-2-4-13(10-18)5-3-12/h2-7H,8-10H2,1H3,(H,19,20)(H,21,22). The zero-order chi connectivity index (χ0) is 16.3. The predicted molar refractivity (Wildman–Crippen MR) is 83.9 cm³/mol. The second kappa shape index (κ2) is 6.36. The summed E-state index contributed by atoms with van der Waals surface area (Å²) >= 11 is 5.74. The van der Waals surface area contributed by atoms with Crippen LogP contribution in [0.3, 0.4) is 0 Å². The smallest absolute Gasteiger partial charge is 0.331 e. The SMILES string of the molecule is CC1=C(C(=O)O)CC(Cc2ccc(CCl)cc2)(C(=O)O)C=C1. The molecule has 0 saturated carbocycles. The molecule has 4 nitrogen and oxygen atoms in total. The van der Waals surface area contributed by atoms with Gasteiger partial charge in [-0.05, 0) is 36.5 Å². The van der Waals surface area contributed by atoms with E-state index in [2.05, 4.69) is 0 Å². The average Bonchev–Trinajstić information content (AvgIpc) is 2.49. The molecule has 1 atom stereocenters. The minimum Gasteiger partial charge on any atom is -0.481 e. The van der Waals surface area contributed by atoms with Crippen molar-refractivity contribution in [2.75, 3.05) is 0 Å². The molecule has 1 aromatic carbocycles. The monoisotopic (exact) mass is 320 g/mol. The summed E-state index contributed by atoms with van der Waals surface area (Å²) in [4.78, 5) is 23.1. The van der Waals surface area contributed by atoms with E-state index in [-0.39, 0.29) is 18.4 Å². The highest BCUT2D eigenvalue weighted by Gasteiger charge is 2.40. The zero-order valence-corrected chi connectivity index (χ0v) is 12.9. The van der Waals surface area contributed by atoms with Gasteiger partial charge in [0, 0.05) is 11.5 Å². The second-order valence-electron chi connectivity index (χ2n) is 5.57. The summed E-state index contributed by atoms with van der Waals surface area (Å²) in [5, 5.41) is 18.9. The Hall–Kier alpha value is -2.07. The summed E-state index contributed by atoms with van der Waals surface area (Å²) in [6.07, 6.45) is 3.42. The fraction of sp³-hybridized carbons (Fsp3) is 0.294. The molecule has 0 radical (unpaired) electrons. The van der Waals surface area contributed by atoms with Crippen LogP contribution in [0.4, 0.5) is 0 Å². The van der Waals surface area contributed by atoms with Gasteiger partial charge >= 0.3 is 11.9 Å². The summed E-state index contributed by atoms with van der Waals surface area (Å²) in [5.74, 6) is -1.68. The van der Waals surface area contributed by atoms with Crippen LogP contribution in [0.15, 0.2) is 47.6 Å². The topological polar surface area (TPSA) is 74.6 Å². The lowest BCUT2D eigenvalue weighted by Gasteiger charge is -2.30. The first-order valence-electron chi connectivity index (χ1n) is 6.87. The number of halogens is 1. The van der Waals surface area contributed by atoms with Gasteiger partial charge in [-0.3, -0.25) is 4.79 Å². The quantitative estimate of drug-likeness (QED) is 0.815. The van der Waals surface area contributed by atoms with Crippen LogP contribution in [-0.4, -0.2) is 22.2 Å². The van der Waals surface area contributed by atoms with Gasteiger partial charge in [0.1, 0.15) is 0 Å². The molecule has 0 aliphatic heterocycles. The van der Waals surface area contributed by atoms with Gasteiger partial charge in [0.05, 0.1) is 5.41 Å². The molecule has 5 heteroatoms. The van der Waals surface area contributed by atoms with Crippen LogP contribution in [0.5, 0.6) is 0 Å². The Morgan fingerprint density at radius 3 is 2.27 bits per heavy atom. The Morgan fingerprint density at radius 1 is 1.18 bits per heavy atom. The van der Waals surface area contributed by atoms with E-state index < -0.39 is 17.4 Å². The highest BCUT2D eigenvalue weighted by atomic mass is 35.5. The van der Waals surface area contributed by atoms with Gasteiger partial charge in [0.25, 0.3) is 0 Å². The van der Waals surface area contributed by atoms with Gasteiger partial charge in [-0.1, -0.05) is 36.4 Å². The summed E-state index contributed by atoms with van der Waals surface area (Å²) in [6, 6.07) is 7.37. The van der Waals surface area contributed by atoms with E-state index in [0.717, 1.165) is 11.1 Å². The molecule has 1 aliphatic carbocycles. The van der Waals surface area contributed by atoms with Gasteiger partial charge in [-0.25, -0.2) is 4.79 Å². The number of benzene rings is 1. The molecule has 2 rings (SSSR count). The maximum absolute atomic E-state index is 11.8. The first-order chi connectivity index (χ1) is 10.4. The molecule has 0 saturated heterocycles. The lowest BCUT2D eigenvalue weighted by atomic mass is 9.72. The van der Waals surface area contributed by atoms with Crippen molar-refractivity contribution in [1.82, 2.24) is 0 Å². The van der Waals surface area contributed by atoms with Crippen molar-refractivity contribution >= 4 is 23.5 Å². The molecule has 1 aliphatic rings. The fourth-order valence-electron chi connectivity index (χ4n) is 2.60. The van der Waals surface area contributed by atoms with Crippen molar-refractivity contribution in [1.29, 1.82) is 0 Å². The number of aliphatic carboxylic acids is 2. The number of rotatable bonds is 5. The molecule has 0 spiro atoms. The van der Waals surface area contributed by atoms with Crippen molar-refractivity contribution in [2.45, 2.75) is 25.6 Å². The maximum atomic E-state index is 11.8. The Kier molecular flexibility index (Phi) is 4.71. The van der Waals surface area contributed by atoms with Gasteiger partial charge in [0.2, 0.25) is 0 Å². The van der Waals surface area contributed by atoms with Crippen LogP contribution >= 0.6 is 11.6 Å². The third-order valence-corrected chi connectivity index (χ3v) is 4.31. The molecular weight excluding hydrogens is 304 g/mol. The molecule has 1 unspecified atom stereocenters. The minimum atomic E-state index is -1.23. The number of carbonyl (C=O) groups is 2. The largest absolute Gasteiger partial charge is 0.481 e. The van der Waals surface area contributed by atoms with Crippen LogP contribution in [0.25, 0.3) is 0 Å². The predicted octanol–water partition coefficient (Wildman–Crippen LogP) is 3.40. The molecule has 0 aromatic heterocycles. The first-order valence-corrected chi connectivity index (χ1v) is 7.41. The lowest BCUT2D eigenvalue weighted by molar-refractivity contribution is -0.146. The van der Waals surface area contributed by atoms with E-state index in [0.29, 0.717) is 11.5 Å².